The number of H-pyrrole nitrogens is 2. The summed E-state index contributed by atoms with van der Waals surface area (Å²) in [4.78, 5) is 104. The lowest BCUT2D eigenvalue weighted by Gasteiger charge is -2.28. The van der Waals surface area contributed by atoms with Gasteiger partial charge in [0.2, 0.25) is 29.5 Å². The first-order valence-corrected chi connectivity index (χ1v) is 17.8. The second kappa shape index (κ2) is 21.4. The Bertz CT molecular complexity index is 1860. The maximum Gasteiger partial charge on any atom is 0.322 e. The highest BCUT2D eigenvalue weighted by Gasteiger charge is 2.34. The number of amides is 5. The molecule has 0 saturated heterocycles. The van der Waals surface area contributed by atoms with Gasteiger partial charge in [0.05, 0.1) is 12.4 Å². The van der Waals surface area contributed by atoms with Crippen LogP contribution in [0.4, 0.5) is 0 Å². The Morgan fingerprint density at radius 3 is 2.09 bits per heavy atom. The molecule has 21 heteroatoms. The monoisotopic (exact) mass is 782 g/mol. The second-order valence-electron chi connectivity index (χ2n) is 13.4. The van der Waals surface area contributed by atoms with E-state index >= 15 is 0 Å². The second-order valence-corrected chi connectivity index (χ2v) is 13.4. The van der Waals surface area contributed by atoms with Gasteiger partial charge < -0.3 is 64.0 Å². The highest BCUT2D eigenvalue weighted by Crippen LogP contribution is 2.20. The normalized spacial score (nSPS) is 13.7. The first-order valence-electron chi connectivity index (χ1n) is 17.8. The van der Waals surface area contributed by atoms with Crippen molar-refractivity contribution in [2.24, 2.45) is 28.1 Å². The Labute approximate surface area is 321 Å². The number of fused-ring (bicyclic) bond motifs is 1. The number of rotatable bonds is 23. The molecule has 15 N–H and O–H groups in total. The molecule has 0 fully saturated rings. The van der Waals surface area contributed by atoms with Gasteiger partial charge in [-0.25, -0.2) is 4.98 Å². The summed E-state index contributed by atoms with van der Waals surface area (Å²) in [6, 6.07) is 0.934. The number of guanidine groups is 1. The number of imidazole rings is 1. The number of carbonyl (C=O) groups is 7. The van der Waals surface area contributed by atoms with Gasteiger partial charge in [0, 0.05) is 54.8 Å². The molecule has 0 aliphatic rings. The molecular formula is C35H50N12O9. The molecule has 5 amide bonds. The molecule has 0 unspecified atom stereocenters. The third-order valence-corrected chi connectivity index (χ3v) is 8.59. The average molecular weight is 783 g/mol. The van der Waals surface area contributed by atoms with Crippen LogP contribution in [0.5, 0.6) is 0 Å². The van der Waals surface area contributed by atoms with E-state index < -0.39 is 84.1 Å². The van der Waals surface area contributed by atoms with Gasteiger partial charge in [-0.3, -0.25) is 38.6 Å². The van der Waals surface area contributed by atoms with Crippen LogP contribution in [0.25, 0.3) is 10.9 Å². The van der Waals surface area contributed by atoms with Crippen LogP contribution in [0.15, 0.2) is 48.0 Å². The lowest BCUT2D eigenvalue weighted by Crippen LogP contribution is -2.60. The summed E-state index contributed by atoms with van der Waals surface area (Å²) in [5.41, 5.74) is 18.5. The van der Waals surface area contributed by atoms with Crippen LogP contribution in [0, 0.1) is 5.92 Å². The van der Waals surface area contributed by atoms with E-state index in [1.165, 1.54) is 12.5 Å². The zero-order valence-corrected chi connectivity index (χ0v) is 31.0. The lowest BCUT2D eigenvalue weighted by atomic mass is 9.99. The molecule has 0 saturated carbocycles. The smallest absolute Gasteiger partial charge is 0.322 e. The quantitative estimate of drug-likeness (QED) is 0.0274. The molecule has 56 heavy (non-hydrogen) atoms. The van der Waals surface area contributed by atoms with Gasteiger partial charge in [-0.1, -0.05) is 32.0 Å². The van der Waals surface area contributed by atoms with Gasteiger partial charge in [-0.05, 0) is 36.8 Å². The standard InChI is InChI=1S/C35H50N12O9/c1-18(2)29(47-30(52)22(36)9-10-27(48)49)34(56)46-25(12-19-14-41-23-7-4-3-6-21(19)23)32(54)45-26(13-20-15-39-17-43-20)33(55)44-24(8-5-11-40-35(37)38)31(53)42-16-28(50)51/h3-4,6-7,14-15,17-18,22,24-26,29,41H,5,8-13,16,36H2,1-2H3,(H,39,43)(H,42,53)(H,44,55)(H,45,54)(H,46,56)(H,47,52)(H,48,49)(H,50,51)(H4,37,38,40)/t22-,24-,25-,26-,29-/m0/s1. The Morgan fingerprint density at radius 2 is 1.46 bits per heavy atom. The molecule has 2 heterocycles. The summed E-state index contributed by atoms with van der Waals surface area (Å²) >= 11 is 0. The number of carboxylic acid groups (broad SMARTS) is 2. The molecular weight excluding hydrogens is 732 g/mol. The summed E-state index contributed by atoms with van der Waals surface area (Å²) in [6.45, 7) is 2.71. The van der Waals surface area contributed by atoms with Crippen molar-refractivity contribution >= 4 is 58.3 Å². The predicted octanol–water partition coefficient (Wildman–Crippen LogP) is -2.28. The van der Waals surface area contributed by atoms with Crippen molar-refractivity contribution in [2.45, 2.75) is 82.6 Å². The first-order chi connectivity index (χ1) is 26.5. The fourth-order valence-corrected chi connectivity index (χ4v) is 5.62. The largest absolute Gasteiger partial charge is 0.481 e. The van der Waals surface area contributed by atoms with Crippen LogP contribution < -0.4 is 43.8 Å². The van der Waals surface area contributed by atoms with Gasteiger partial charge in [-0.15, -0.1) is 0 Å². The lowest BCUT2D eigenvalue weighted by molar-refractivity contribution is -0.139. The molecule has 1 aromatic carbocycles. The van der Waals surface area contributed by atoms with E-state index in [0.717, 1.165) is 10.9 Å². The number of aliphatic carboxylic acids is 2. The fraction of sp³-hybridized carbons (Fsp3) is 0.457. The summed E-state index contributed by atoms with van der Waals surface area (Å²) in [6.07, 6.45) is 3.96. The van der Waals surface area contributed by atoms with E-state index in [4.69, 9.17) is 27.4 Å². The highest BCUT2D eigenvalue weighted by atomic mass is 16.4. The van der Waals surface area contributed by atoms with Gasteiger partial charge in [0.1, 0.15) is 30.7 Å². The molecule has 0 aliphatic carbocycles. The fourth-order valence-electron chi connectivity index (χ4n) is 5.62. The van der Waals surface area contributed by atoms with Crippen molar-refractivity contribution in [3.63, 3.8) is 0 Å². The van der Waals surface area contributed by atoms with Crippen molar-refractivity contribution in [3.8, 4) is 0 Å². The summed E-state index contributed by atoms with van der Waals surface area (Å²) in [7, 11) is 0. The average Bonchev–Trinajstić information content (AvgIpc) is 3.82. The van der Waals surface area contributed by atoms with E-state index in [0.29, 0.717) is 11.3 Å². The van der Waals surface area contributed by atoms with E-state index in [2.05, 4.69) is 46.5 Å². The number of carbonyl (C=O) groups excluding carboxylic acids is 5. The van der Waals surface area contributed by atoms with E-state index in [9.17, 15) is 33.6 Å². The number of carboxylic acids is 2. The predicted molar refractivity (Wildman–Crippen MR) is 202 cm³/mol. The molecule has 0 aliphatic heterocycles. The molecule has 0 radical (unpaired) electrons. The van der Waals surface area contributed by atoms with Crippen LogP contribution in [-0.2, 0) is 46.4 Å². The van der Waals surface area contributed by atoms with Crippen molar-refractivity contribution < 1.29 is 43.8 Å². The third-order valence-electron chi connectivity index (χ3n) is 8.59. The van der Waals surface area contributed by atoms with Gasteiger partial charge in [0.15, 0.2) is 5.96 Å². The molecule has 3 aromatic rings. The zero-order valence-electron chi connectivity index (χ0n) is 31.0. The van der Waals surface area contributed by atoms with E-state index in [-0.39, 0.29) is 51.0 Å². The third kappa shape index (κ3) is 14.0. The zero-order chi connectivity index (χ0) is 41.4. The number of aromatic nitrogens is 3. The van der Waals surface area contributed by atoms with Gasteiger partial charge in [0.25, 0.3) is 0 Å². The molecule has 0 spiro atoms. The van der Waals surface area contributed by atoms with E-state index in [1.54, 1.807) is 26.1 Å². The Hall–Kier alpha value is -6.51. The maximum atomic E-state index is 14.2. The molecule has 2 aromatic heterocycles. The number of benzene rings is 1. The number of aromatic amines is 2. The van der Waals surface area contributed by atoms with Crippen molar-refractivity contribution in [1.29, 1.82) is 0 Å². The van der Waals surface area contributed by atoms with Gasteiger partial charge in [-0.2, -0.15) is 0 Å². The Kier molecular flexibility index (Phi) is 16.8. The van der Waals surface area contributed by atoms with Crippen molar-refractivity contribution in [3.05, 3.63) is 54.2 Å². The molecule has 5 atom stereocenters. The number of hydrogen-bond donors (Lipinski definition) is 12. The topological polar surface area (TPSA) is 355 Å². The summed E-state index contributed by atoms with van der Waals surface area (Å²) < 4.78 is 0. The molecule has 304 valence electrons. The number of nitrogens with two attached hydrogens (primary N) is 3. The molecule has 3 rings (SSSR count). The SMILES string of the molecule is CC(C)[C@H](NC(=O)[C@@H](N)CCC(=O)O)C(=O)N[C@@H](Cc1c[nH]c2ccccc12)C(=O)N[C@@H](Cc1cnc[nH]1)C(=O)N[C@@H](CCCN=C(N)N)C(=O)NCC(=O)O. The molecule has 0 bridgehead atoms. The van der Waals surface area contributed by atoms with Crippen LogP contribution in [0.3, 0.4) is 0 Å². The van der Waals surface area contributed by atoms with Gasteiger partial charge >= 0.3 is 11.9 Å². The minimum Gasteiger partial charge on any atom is -0.481 e. The van der Waals surface area contributed by atoms with E-state index in [1.807, 2.05) is 18.2 Å². The van der Waals surface area contributed by atoms with Crippen molar-refractivity contribution in [2.75, 3.05) is 13.1 Å². The summed E-state index contributed by atoms with van der Waals surface area (Å²) in [5, 5.41) is 31.6. The van der Waals surface area contributed by atoms with Crippen LogP contribution in [-0.4, -0.2) is 116 Å². The maximum absolute atomic E-state index is 14.2. The Balaban J connectivity index is 1.92. The molecule has 21 nitrogen and oxygen atoms in total. The van der Waals surface area contributed by atoms with Crippen LogP contribution in [0.2, 0.25) is 0 Å². The number of para-hydroxylation sites is 1. The minimum atomic E-state index is -1.36. The van der Waals surface area contributed by atoms with Crippen molar-refractivity contribution in [1.82, 2.24) is 41.5 Å². The number of hydrogen-bond acceptors (Lipinski definition) is 10. The summed E-state index contributed by atoms with van der Waals surface area (Å²) in [5.74, 6) is -7.05. The number of nitrogens with one attached hydrogen (secondary N) is 7. The highest BCUT2D eigenvalue weighted by molar-refractivity contribution is 5.97. The van der Waals surface area contributed by atoms with Crippen LogP contribution >= 0.6 is 0 Å². The Morgan fingerprint density at radius 1 is 0.804 bits per heavy atom. The first kappa shape index (κ1) is 43.9. The number of nitrogens with zero attached hydrogens (tertiary/aromatic N) is 2. The van der Waals surface area contributed by atoms with Crippen LogP contribution in [0.1, 0.15) is 50.8 Å². The number of aliphatic imine (C=N–C) groups is 1. The minimum absolute atomic E-state index is 0.000216.